The lowest BCUT2D eigenvalue weighted by atomic mass is 10.2. The summed E-state index contributed by atoms with van der Waals surface area (Å²) < 4.78 is 16.3. The minimum atomic E-state index is 0.0789. The third-order valence-corrected chi connectivity index (χ3v) is 3.11. The molecule has 0 aliphatic carbocycles. The first-order valence-corrected chi connectivity index (χ1v) is 6.22. The standard InChI is InChI=1S/C13H15N3O3/c1-3-9(14-2)13-16-15-12(19-13)8-4-5-10-11(6-8)18-7-17-10/h4-6,9,14H,3,7H2,1-2H3. The molecule has 19 heavy (non-hydrogen) atoms. The van der Waals surface area contributed by atoms with Gasteiger partial charge >= 0.3 is 0 Å². The van der Waals surface area contributed by atoms with Gasteiger partial charge in [-0.05, 0) is 31.7 Å². The number of benzene rings is 1. The van der Waals surface area contributed by atoms with Crippen LogP contribution in [0.25, 0.3) is 11.5 Å². The van der Waals surface area contributed by atoms with Crippen molar-refractivity contribution in [2.45, 2.75) is 19.4 Å². The molecular formula is C13H15N3O3. The van der Waals surface area contributed by atoms with E-state index >= 15 is 0 Å². The smallest absolute Gasteiger partial charge is 0.247 e. The van der Waals surface area contributed by atoms with Crippen LogP contribution < -0.4 is 14.8 Å². The Morgan fingerprint density at radius 2 is 2.11 bits per heavy atom. The summed E-state index contributed by atoms with van der Waals surface area (Å²) in [6.45, 7) is 2.32. The van der Waals surface area contributed by atoms with Gasteiger partial charge < -0.3 is 19.2 Å². The lowest BCUT2D eigenvalue weighted by Gasteiger charge is -2.07. The van der Waals surface area contributed by atoms with Crippen molar-refractivity contribution in [3.63, 3.8) is 0 Å². The predicted octanol–water partition coefficient (Wildman–Crippen LogP) is 2.14. The van der Waals surface area contributed by atoms with Gasteiger partial charge in [0.05, 0.1) is 6.04 Å². The van der Waals surface area contributed by atoms with Crippen LogP contribution in [0.5, 0.6) is 11.5 Å². The lowest BCUT2D eigenvalue weighted by Crippen LogP contribution is -2.15. The molecule has 1 aliphatic rings. The Hall–Kier alpha value is -2.08. The number of aromatic nitrogens is 2. The summed E-state index contributed by atoms with van der Waals surface area (Å²) in [6.07, 6.45) is 0.888. The largest absolute Gasteiger partial charge is 0.454 e. The molecule has 0 spiro atoms. The topological polar surface area (TPSA) is 69.4 Å². The zero-order valence-electron chi connectivity index (χ0n) is 10.8. The van der Waals surface area contributed by atoms with Gasteiger partial charge in [0.2, 0.25) is 18.6 Å². The van der Waals surface area contributed by atoms with Crippen molar-refractivity contribution < 1.29 is 13.9 Å². The second kappa shape index (κ2) is 4.89. The Kier molecular flexibility index (Phi) is 3.08. The first-order chi connectivity index (χ1) is 9.31. The Bertz CT molecular complexity index is 578. The van der Waals surface area contributed by atoms with Gasteiger partial charge in [0.15, 0.2) is 11.5 Å². The first kappa shape index (κ1) is 12.0. The third kappa shape index (κ3) is 2.15. The summed E-state index contributed by atoms with van der Waals surface area (Å²) in [7, 11) is 1.87. The highest BCUT2D eigenvalue weighted by Crippen LogP contribution is 2.35. The molecule has 1 N–H and O–H groups in total. The van der Waals surface area contributed by atoms with E-state index in [2.05, 4.69) is 22.4 Å². The summed E-state index contributed by atoms with van der Waals surface area (Å²) in [6, 6.07) is 5.65. The van der Waals surface area contributed by atoms with Gasteiger partial charge in [0.25, 0.3) is 0 Å². The van der Waals surface area contributed by atoms with E-state index in [1.165, 1.54) is 0 Å². The van der Waals surface area contributed by atoms with Crippen LogP contribution in [0.2, 0.25) is 0 Å². The Morgan fingerprint density at radius 3 is 2.89 bits per heavy atom. The summed E-state index contributed by atoms with van der Waals surface area (Å²) in [5.74, 6) is 2.53. The Balaban J connectivity index is 1.90. The molecule has 0 bridgehead atoms. The highest BCUT2D eigenvalue weighted by atomic mass is 16.7. The Labute approximate surface area is 110 Å². The van der Waals surface area contributed by atoms with E-state index in [4.69, 9.17) is 13.9 Å². The molecule has 6 heteroatoms. The SMILES string of the molecule is CCC(NC)c1nnc(-c2ccc3c(c2)OCO3)o1. The van der Waals surface area contributed by atoms with Crippen LogP contribution in [0.4, 0.5) is 0 Å². The number of nitrogens with zero attached hydrogens (tertiary/aromatic N) is 2. The molecule has 100 valence electrons. The van der Waals surface area contributed by atoms with Crippen LogP contribution in [0.3, 0.4) is 0 Å². The summed E-state index contributed by atoms with van der Waals surface area (Å²) in [4.78, 5) is 0. The van der Waals surface area contributed by atoms with E-state index in [9.17, 15) is 0 Å². The van der Waals surface area contributed by atoms with Crippen molar-refractivity contribution >= 4 is 0 Å². The van der Waals surface area contributed by atoms with Gasteiger partial charge in [-0.1, -0.05) is 6.92 Å². The first-order valence-electron chi connectivity index (χ1n) is 6.22. The number of ether oxygens (including phenoxy) is 2. The van der Waals surface area contributed by atoms with Crippen molar-refractivity contribution in [1.82, 2.24) is 15.5 Å². The number of hydrogen-bond acceptors (Lipinski definition) is 6. The number of nitrogens with one attached hydrogen (secondary N) is 1. The maximum absolute atomic E-state index is 5.69. The second-order valence-corrected chi connectivity index (χ2v) is 4.26. The molecule has 6 nitrogen and oxygen atoms in total. The molecule has 0 saturated carbocycles. The zero-order chi connectivity index (χ0) is 13.2. The zero-order valence-corrected chi connectivity index (χ0v) is 10.8. The molecule has 1 aromatic carbocycles. The van der Waals surface area contributed by atoms with Gasteiger partial charge in [0.1, 0.15) is 0 Å². The fraction of sp³-hybridized carbons (Fsp3) is 0.385. The fourth-order valence-corrected chi connectivity index (χ4v) is 2.02. The van der Waals surface area contributed by atoms with E-state index < -0.39 is 0 Å². The van der Waals surface area contributed by atoms with Crippen molar-refractivity contribution in [3.05, 3.63) is 24.1 Å². The van der Waals surface area contributed by atoms with Crippen LogP contribution >= 0.6 is 0 Å². The van der Waals surface area contributed by atoms with Crippen molar-refractivity contribution in [3.8, 4) is 23.0 Å². The van der Waals surface area contributed by atoms with Gasteiger partial charge in [-0.25, -0.2) is 0 Å². The minimum absolute atomic E-state index is 0.0789. The van der Waals surface area contributed by atoms with Crippen LogP contribution in [0.1, 0.15) is 25.3 Å². The van der Waals surface area contributed by atoms with E-state index in [1.54, 1.807) is 0 Å². The van der Waals surface area contributed by atoms with E-state index in [-0.39, 0.29) is 12.8 Å². The molecule has 2 heterocycles. The van der Waals surface area contributed by atoms with Crippen LogP contribution in [-0.2, 0) is 0 Å². The highest BCUT2D eigenvalue weighted by molar-refractivity contribution is 5.60. The normalized spacial score (nSPS) is 14.6. The summed E-state index contributed by atoms with van der Waals surface area (Å²) in [5.41, 5.74) is 0.828. The Morgan fingerprint density at radius 1 is 1.26 bits per heavy atom. The van der Waals surface area contributed by atoms with E-state index in [0.29, 0.717) is 17.5 Å². The quantitative estimate of drug-likeness (QED) is 0.909. The fourth-order valence-electron chi connectivity index (χ4n) is 2.02. The molecule has 1 aliphatic heterocycles. The number of fused-ring (bicyclic) bond motifs is 1. The average Bonchev–Trinajstić information content (AvgIpc) is 3.08. The molecule has 0 saturated heterocycles. The van der Waals surface area contributed by atoms with Gasteiger partial charge in [0, 0.05) is 5.56 Å². The molecule has 1 atom stereocenters. The highest BCUT2D eigenvalue weighted by Gasteiger charge is 2.19. The number of hydrogen-bond donors (Lipinski definition) is 1. The molecule has 1 unspecified atom stereocenters. The monoisotopic (exact) mass is 261 g/mol. The molecule has 2 aromatic rings. The van der Waals surface area contributed by atoms with Crippen molar-refractivity contribution in [1.29, 1.82) is 0 Å². The van der Waals surface area contributed by atoms with Crippen molar-refractivity contribution in [2.24, 2.45) is 0 Å². The number of rotatable bonds is 4. The van der Waals surface area contributed by atoms with Crippen LogP contribution in [0, 0.1) is 0 Å². The molecule has 0 fully saturated rings. The minimum Gasteiger partial charge on any atom is -0.454 e. The molecule has 3 rings (SSSR count). The molecule has 0 amide bonds. The maximum Gasteiger partial charge on any atom is 0.247 e. The van der Waals surface area contributed by atoms with E-state index in [1.807, 2.05) is 25.2 Å². The van der Waals surface area contributed by atoms with Gasteiger partial charge in [-0.2, -0.15) is 0 Å². The molecular weight excluding hydrogens is 246 g/mol. The lowest BCUT2D eigenvalue weighted by molar-refractivity contribution is 0.174. The van der Waals surface area contributed by atoms with Gasteiger partial charge in [-0.15, -0.1) is 10.2 Å². The summed E-state index contributed by atoms with van der Waals surface area (Å²) in [5, 5.41) is 11.3. The molecule has 0 radical (unpaired) electrons. The third-order valence-electron chi connectivity index (χ3n) is 3.11. The predicted molar refractivity (Wildman–Crippen MR) is 67.9 cm³/mol. The van der Waals surface area contributed by atoms with Crippen LogP contribution in [-0.4, -0.2) is 24.0 Å². The maximum atomic E-state index is 5.69. The van der Waals surface area contributed by atoms with Crippen LogP contribution in [0.15, 0.2) is 22.6 Å². The summed E-state index contributed by atoms with van der Waals surface area (Å²) >= 11 is 0. The van der Waals surface area contributed by atoms with E-state index in [0.717, 1.165) is 17.7 Å². The average molecular weight is 261 g/mol. The molecule has 1 aromatic heterocycles. The van der Waals surface area contributed by atoms with Gasteiger partial charge in [-0.3, -0.25) is 0 Å². The van der Waals surface area contributed by atoms with Crippen molar-refractivity contribution in [2.75, 3.05) is 13.8 Å². The second-order valence-electron chi connectivity index (χ2n) is 4.26.